The second kappa shape index (κ2) is 7.09. The van der Waals surface area contributed by atoms with Crippen LogP contribution in [-0.2, 0) is 10.3 Å². The van der Waals surface area contributed by atoms with Crippen LogP contribution in [0.3, 0.4) is 0 Å². The van der Waals surface area contributed by atoms with E-state index >= 15 is 0 Å². The number of nitro groups is 2. The summed E-state index contributed by atoms with van der Waals surface area (Å²) in [5.41, 5.74) is 1.40. The molecule has 1 atom stereocenters. The molecule has 10 heteroatoms. The van der Waals surface area contributed by atoms with E-state index in [4.69, 9.17) is 5.73 Å². The Balaban J connectivity index is 2.27. The van der Waals surface area contributed by atoms with E-state index in [1.807, 2.05) is 0 Å². The molecule has 146 valence electrons. The van der Waals surface area contributed by atoms with Crippen molar-refractivity contribution in [2.45, 2.75) is 5.54 Å². The molecule has 0 radical (unpaired) electrons. The molecule has 3 N–H and O–H groups in total. The maximum atomic E-state index is 13.2. The lowest BCUT2D eigenvalue weighted by Crippen LogP contribution is -2.52. The largest absolute Gasteiger partial charge is 0.479 e. The van der Waals surface area contributed by atoms with Gasteiger partial charge in [-0.05, 0) is 16.3 Å². The Morgan fingerprint density at radius 2 is 1.45 bits per heavy atom. The molecule has 3 aromatic carbocycles. The summed E-state index contributed by atoms with van der Waals surface area (Å²) in [6.45, 7) is 0. The highest BCUT2D eigenvalue weighted by atomic mass is 16.6. The average Bonchev–Trinajstić information content (AvgIpc) is 2.71. The van der Waals surface area contributed by atoms with E-state index in [1.54, 1.807) is 30.3 Å². The van der Waals surface area contributed by atoms with Crippen molar-refractivity contribution in [2.24, 2.45) is 5.73 Å². The lowest BCUT2D eigenvalue weighted by Gasteiger charge is -2.25. The van der Waals surface area contributed by atoms with Gasteiger partial charge in [0.1, 0.15) is 0 Å². The number of carboxylic acids is 1. The number of carbonyl (C=O) groups is 2. The smallest absolute Gasteiger partial charge is 0.336 e. The van der Waals surface area contributed by atoms with Crippen molar-refractivity contribution in [3.05, 3.63) is 92.0 Å². The van der Waals surface area contributed by atoms with Crippen molar-refractivity contribution in [3.8, 4) is 0 Å². The maximum absolute atomic E-state index is 13.2. The monoisotopic (exact) mass is 395 g/mol. The number of ketones is 1. The number of carboxylic acid groups (broad SMARTS) is 1. The van der Waals surface area contributed by atoms with Crippen LogP contribution in [0.4, 0.5) is 11.4 Å². The predicted molar refractivity (Wildman–Crippen MR) is 102 cm³/mol. The van der Waals surface area contributed by atoms with Crippen LogP contribution >= 0.6 is 0 Å². The summed E-state index contributed by atoms with van der Waals surface area (Å²) in [5, 5.41) is 33.0. The normalized spacial score (nSPS) is 12.9. The zero-order valence-corrected chi connectivity index (χ0v) is 14.6. The molecule has 0 heterocycles. The Bertz CT molecular complexity index is 1150. The number of carbonyl (C=O) groups excluding carboxylic acids is 1. The van der Waals surface area contributed by atoms with E-state index in [9.17, 15) is 34.9 Å². The topological polar surface area (TPSA) is 167 Å². The summed E-state index contributed by atoms with van der Waals surface area (Å²) in [7, 11) is 0. The lowest BCUT2D eigenvalue weighted by molar-refractivity contribution is -0.394. The SMILES string of the molecule is NC(C(=O)O)(C(=O)c1cc([N+](=O)[O-])cc([N+](=O)[O-])c1)c1cccc2ccccc12. The molecule has 0 aliphatic rings. The molecule has 3 aromatic rings. The first kappa shape index (κ1) is 19.6. The fourth-order valence-corrected chi connectivity index (χ4v) is 3.07. The van der Waals surface area contributed by atoms with Gasteiger partial charge in [0.05, 0.1) is 15.9 Å². The van der Waals surface area contributed by atoms with Crippen LogP contribution in [0.5, 0.6) is 0 Å². The molecular weight excluding hydrogens is 382 g/mol. The predicted octanol–water partition coefficient (Wildman–Crippen LogP) is 2.78. The molecule has 0 saturated carbocycles. The van der Waals surface area contributed by atoms with Gasteiger partial charge in [-0.25, -0.2) is 4.79 Å². The summed E-state index contributed by atoms with van der Waals surface area (Å²) in [4.78, 5) is 45.6. The molecule has 3 rings (SSSR count). The molecular formula is C19H13N3O7. The number of hydrogen-bond donors (Lipinski definition) is 2. The number of nitrogens with zero attached hydrogens (tertiary/aromatic N) is 2. The molecule has 0 fully saturated rings. The number of rotatable bonds is 6. The number of benzene rings is 3. The highest BCUT2D eigenvalue weighted by Gasteiger charge is 2.46. The molecule has 0 aliphatic carbocycles. The molecule has 0 saturated heterocycles. The highest BCUT2D eigenvalue weighted by molar-refractivity contribution is 6.18. The molecule has 0 aliphatic heterocycles. The number of nitrogens with two attached hydrogens (primary N) is 1. The van der Waals surface area contributed by atoms with Gasteiger partial charge in [-0.3, -0.25) is 25.0 Å². The van der Waals surface area contributed by atoms with E-state index in [1.165, 1.54) is 12.1 Å². The quantitative estimate of drug-likeness (QED) is 0.278. The van der Waals surface area contributed by atoms with Crippen LogP contribution in [0.25, 0.3) is 10.8 Å². The summed E-state index contributed by atoms with van der Waals surface area (Å²) >= 11 is 0. The van der Waals surface area contributed by atoms with E-state index in [0.29, 0.717) is 16.8 Å². The minimum absolute atomic E-state index is 0.0396. The zero-order chi connectivity index (χ0) is 21.3. The molecule has 0 amide bonds. The second-order valence-electron chi connectivity index (χ2n) is 6.22. The molecule has 0 spiro atoms. The number of fused-ring (bicyclic) bond motifs is 1. The molecule has 0 bridgehead atoms. The Labute approximate surface area is 162 Å². The zero-order valence-electron chi connectivity index (χ0n) is 14.6. The van der Waals surface area contributed by atoms with E-state index in [2.05, 4.69) is 0 Å². The van der Waals surface area contributed by atoms with Crippen molar-refractivity contribution in [1.29, 1.82) is 0 Å². The minimum Gasteiger partial charge on any atom is -0.479 e. The molecule has 10 nitrogen and oxygen atoms in total. The maximum Gasteiger partial charge on any atom is 0.336 e. The number of nitro benzene ring substituents is 2. The third kappa shape index (κ3) is 3.28. The van der Waals surface area contributed by atoms with Gasteiger partial charge in [0.15, 0.2) is 5.78 Å². The van der Waals surface area contributed by atoms with Crippen LogP contribution < -0.4 is 5.73 Å². The van der Waals surface area contributed by atoms with E-state index in [0.717, 1.165) is 12.1 Å². The van der Waals surface area contributed by atoms with Gasteiger partial charge in [-0.2, -0.15) is 0 Å². The third-order valence-electron chi connectivity index (χ3n) is 4.50. The average molecular weight is 395 g/mol. The van der Waals surface area contributed by atoms with Gasteiger partial charge in [0, 0.05) is 17.7 Å². The van der Waals surface area contributed by atoms with Gasteiger partial charge >= 0.3 is 5.97 Å². The first-order valence-corrected chi connectivity index (χ1v) is 8.15. The standard InChI is InChI=1S/C19H13N3O7/c20-19(18(24)25,16-7-3-5-11-4-1-2-6-15(11)16)17(23)12-8-13(21(26)27)10-14(9-12)22(28)29/h1-10H,20H2,(H,24,25). The Hall–Kier alpha value is -4.18. The van der Waals surface area contributed by atoms with Gasteiger partial charge < -0.3 is 10.8 Å². The van der Waals surface area contributed by atoms with Crippen molar-refractivity contribution in [1.82, 2.24) is 0 Å². The van der Waals surface area contributed by atoms with E-state index < -0.39 is 44.1 Å². The number of non-ortho nitro benzene ring substituents is 2. The summed E-state index contributed by atoms with van der Waals surface area (Å²) < 4.78 is 0. The number of aliphatic carboxylic acids is 1. The molecule has 0 aromatic heterocycles. The summed E-state index contributed by atoms with van der Waals surface area (Å²) in [5.74, 6) is -2.92. The minimum atomic E-state index is -2.62. The first-order valence-electron chi connectivity index (χ1n) is 8.15. The third-order valence-corrected chi connectivity index (χ3v) is 4.50. The van der Waals surface area contributed by atoms with Crippen LogP contribution in [-0.4, -0.2) is 26.7 Å². The van der Waals surface area contributed by atoms with Gasteiger partial charge in [0.2, 0.25) is 5.54 Å². The van der Waals surface area contributed by atoms with Crippen LogP contribution in [0, 0.1) is 20.2 Å². The first-order chi connectivity index (χ1) is 13.7. The van der Waals surface area contributed by atoms with Gasteiger partial charge in [0.25, 0.3) is 11.4 Å². The van der Waals surface area contributed by atoms with Crippen molar-refractivity contribution in [3.63, 3.8) is 0 Å². The molecule has 29 heavy (non-hydrogen) atoms. The van der Waals surface area contributed by atoms with Gasteiger partial charge in [-0.1, -0.05) is 42.5 Å². The van der Waals surface area contributed by atoms with Crippen molar-refractivity contribution >= 4 is 33.9 Å². The number of hydrogen-bond acceptors (Lipinski definition) is 7. The highest BCUT2D eigenvalue weighted by Crippen LogP contribution is 2.32. The van der Waals surface area contributed by atoms with Crippen LogP contribution in [0.15, 0.2) is 60.7 Å². The van der Waals surface area contributed by atoms with Crippen LogP contribution in [0.1, 0.15) is 15.9 Å². The van der Waals surface area contributed by atoms with Crippen molar-refractivity contribution in [2.75, 3.05) is 0 Å². The fourth-order valence-electron chi connectivity index (χ4n) is 3.07. The van der Waals surface area contributed by atoms with Crippen molar-refractivity contribution < 1.29 is 24.5 Å². The van der Waals surface area contributed by atoms with Gasteiger partial charge in [-0.15, -0.1) is 0 Å². The number of Topliss-reactive ketones (excluding diaryl/α,β-unsaturated/α-hetero) is 1. The lowest BCUT2D eigenvalue weighted by atomic mass is 9.81. The summed E-state index contributed by atoms with van der Waals surface area (Å²) in [6.07, 6.45) is 0. The Morgan fingerprint density at radius 1 is 0.897 bits per heavy atom. The fraction of sp³-hybridized carbons (Fsp3) is 0.0526. The Morgan fingerprint density at radius 3 is 2.00 bits per heavy atom. The Kier molecular flexibility index (Phi) is 4.79. The summed E-state index contributed by atoms with van der Waals surface area (Å²) in [6, 6.07) is 13.4. The molecule has 1 unspecified atom stereocenters. The van der Waals surface area contributed by atoms with Crippen LogP contribution in [0.2, 0.25) is 0 Å². The van der Waals surface area contributed by atoms with E-state index in [-0.39, 0.29) is 5.56 Å². The second-order valence-corrected chi connectivity index (χ2v) is 6.22.